The largest absolute Gasteiger partial charge is 0.388 e. The third-order valence-electron chi connectivity index (χ3n) is 3.36. The lowest BCUT2D eigenvalue weighted by atomic mass is 9.90. The summed E-state index contributed by atoms with van der Waals surface area (Å²) in [5, 5.41) is 10.3. The smallest absolute Gasteiger partial charge is 0.168 e. The zero-order chi connectivity index (χ0) is 13.8. The second kappa shape index (κ2) is 5.81. The maximum atomic E-state index is 12.3. The van der Waals surface area contributed by atoms with Crippen LogP contribution in [0, 0.1) is 12.8 Å². The minimum Gasteiger partial charge on any atom is -0.388 e. The number of hydrogen-bond acceptors (Lipinski definition) is 2. The standard InChI is InChI=1S/C17H18O2/c1-12-8-10-15(11-9-12)17(19)13(2)16(18)14-6-4-3-5-7-14/h3-11,13,17,19H,1-2H3/t13-,17?/m0/s1. The Labute approximate surface area is 113 Å². The van der Waals surface area contributed by atoms with Gasteiger partial charge in [0.1, 0.15) is 0 Å². The summed E-state index contributed by atoms with van der Waals surface area (Å²) in [5.74, 6) is -0.487. The van der Waals surface area contributed by atoms with Crippen LogP contribution >= 0.6 is 0 Å². The van der Waals surface area contributed by atoms with Crippen LogP contribution in [0.25, 0.3) is 0 Å². The van der Waals surface area contributed by atoms with E-state index in [-0.39, 0.29) is 5.78 Å². The number of ketones is 1. The highest BCUT2D eigenvalue weighted by Gasteiger charge is 2.24. The average molecular weight is 254 g/mol. The molecule has 2 aromatic carbocycles. The molecule has 2 aromatic rings. The number of carbonyl (C=O) groups is 1. The van der Waals surface area contributed by atoms with Gasteiger partial charge in [-0.05, 0) is 12.5 Å². The predicted molar refractivity (Wildman–Crippen MR) is 76.1 cm³/mol. The van der Waals surface area contributed by atoms with E-state index in [0.29, 0.717) is 5.56 Å². The van der Waals surface area contributed by atoms with Crippen molar-refractivity contribution < 1.29 is 9.90 Å². The molecule has 1 unspecified atom stereocenters. The maximum absolute atomic E-state index is 12.3. The molecule has 0 heterocycles. The van der Waals surface area contributed by atoms with Gasteiger partial charge in [0, 0.05) is 11.5 Å². The fourth-order valence-electron chi connectivity index (χ4n) is 2.06. The number of aliphatic hydroxyl groups excluding tert-OH is 1. The van der Waals surface area contributed by atoms with Crippen LogP contribution in [0.4, 0.5) is 0 Å². The monoisotopic (exact) mass is 254 g/mol. The van der Waals surface area contributed by atoms with E-state index >= 15 is 0 Å². The number of carbonyl (C=O) groups excluding carboxylic acids is 1. The molecule has 98 valence electrons. The third kappa shape index (κ3) is 3.09. The van der Waals surface area contributed by atoms with Crippen molar-refractivity contribution in [3.05, 3.63) is 71.3 Å². The molecule has 2 nitrogen and oxygen atoms in total. The Morgan fingerprint density at radius 3 is 2.16 bits per heavy atom. The van der Waals surface area contributed by atoms with Crippen LogP contribution < -0.4 is 0 Å². The molecule has 0 aromatic heterocycles. The van der Waals surface area contributed by atoms with Crippen molar-refractivity contribution in [1.29, 1.82) is 0 Å². The van der Waals surface area contributed by atoms with Gasteiger partial charge in [-0.25, -0.2) is 0 Å². The van der Waals surface area contributed by atoms with Crippen LogP contribution in [0.3, 0.4) is 0 Å². The number of Topliss-reactive ketones (excluding diaryl/α,β-unsaturated/α-hetero) is 1. The van der Waals surface area contributed by atoms with Crippen molar-refractivity contribution in [2.75, 3.05) is 0 Å². The Morgan fingerprint density at radius 2 is 1.58 bits per heavy atom. The van der Waals surface area contributed by atoms with Gasteiger partial charge in [0.2, 0.25) is 0 Å². The van der Waals surface area contributed by atoms with E-state index in [1.807, 2.05) is 49.4 Å². The summed E-state index contributed by atoms with van der Waals surface area (Å²) < 4.78 is 0. The molecule has 0 aliphatic rings. The first kappa shape index (κ1) is 13.5. The number of benzene rings is 2. The van der Waals surface area contributed by atoms with Gasteiger partial charge in [0.25, 0.3) is 0 Å². The van der Waals surface area contributed by atoms with E-state index in [1.165, 1.54) is 0 Å². The SMILES string of the molecule is Cc1ccc(C(O)[C@@H](C)C(=O)c2ccccc2)cc1. The lowest BCUT2D eigenvalue weighted by molar-refractivity contribution is 0.0713. The van der Waals surface area contributed by atoms with Crippen LogP contribution in [0.15, 0.2) is 54.6 Å². The minimum atomic E-state index is -0.770. The van der Waals surface area contributed by atoms with E-state index in [0.717, 1.165) is 11.1 Å². The van der Waals surface area contributed by atoms with Gasteiger partial charge in [0.05, 0.1) is 6.10 Å². The fourth-order valence-corrected chi connectivity index (χ4v) is 2.06. The van der Waals surface area contributed by atoms with Crippen molar-refractivity contribution >= 4 is 5.78 Å². The first-order chi connectivity index (χ1) is 9.09. The molecule has 0 radical (unpaired) electrons. The number of hydrogen-bond donors (Lipinski definition) is 1. The molecule has 0 aliphatic carbocycles. The lowest BCUT2D eigenvalue weighted by Gasteiger charge is -2.18. The Morgan fingerprint density at radius 1 is 1.00 bits per heavy atom. The molecule has 2 atom stereocenters. The van der Waals surface area contributed by atoms with Crippen LogP contribution in [0.5, 0.6) is 0 Å². The van der Waals surface area contributed by atoms with E-state index in [2.05, 4.69) is 0 Å². The molecule has 0 saturated heterocycles. The number of rotatable bonds is 4. The normalized spacial score (nSPS) is 13.8. The molecule has 0 saturated carbocycles. The summed E-state index contributed by atoms with van der Waals surface area (Å²) >= 11 is 0. The van der Waals surface area contributed by atoms with E-state index < -0.39 is 12.0 Å². The second-order valence-corrected chi connectivity index (χ2v) is 4.87. The van der Waals surface area contributed by atoms with Crippen LogP contribution in [0.1, 0.15) is 34.5 Å². The molecule has 1 N–H and O–H groups in total. The summed E-state index contributed by atoms with van der Waals surface area (Å²) in [7, 11) is 0. The fraction of sp³-hybridized carbons (Fsp3) is 0.235. The molecule has 2 heteroatoms. The highest BCUT2D eigenvalue weighted by atomic mass is 16.3. The van der Waals surface area contributed by atoms with Gasteiger partial charge >= 0.3 is 0 Å². The molecule has 19 heavy (non-hydrogen) atoms. The molecular formula is C17H18O2. The molecule has 0 aliphatic heterocycles. The van der Waals surface area contributed by atoms with Gasteiger partial charge in [-0.2, -0.15) is 0 Å². The molecule has 0 bridgehead atoms. The van der Waals surface area contributed by atoms with Crippen molar-refractivity contribution in [3.63, 3.8) is 0 Å². The summed E-state index contributed by atoms with van der Waals surface area (Å²) in [6, 6.07) is 16.7. The van der Waals surface area contributed by atoms with Gasteiger partial charge in [0.15, 0.2) is 5.78 Å². The molecule has 0 fully saturated rings. The molecule has 0 amide bonds. The Kier molecular flexibility index (Phi) is 4.13. The topological polar surface area (TPSA) is 37.3 Å². The van der Waals surface area contributed by atoms with Gasteiger partial charge in [-0.3, -0.25) is 4.79 Å². The summed E-state index contributed by atoms with van der Waals surface area (Å²) in [5.41, 5.74) is 2.56. The summed E-state index contributed by atoms with van der Waals surface area (Å²) in [6.07, 6.45) is -0.770. The Balaban J connectivity index is 2.17. The van der Waals surface area contributed by atoms with Crippen molar-refractivity contribution in [2.24, 2.45) is 5.92 Å². The van der Waals surface area contributed by atoms with E-state index in [1.54, 1.807) is 19.1 Å². The van der Waals surface area contributed by atoms with E-state index in [4.69, 9.17) is 0 Å². The molecule has 2 rings (SSSR count). The van der Waals surface area contributed by atoms with E-state index in [9.17, 15) is 9.90 Å². The zero-order valence-electron chi connectivity index (χ0n) is 11.2. The van der Waals surface area contributed by atoms with Crippen molar-refractivity contribution in [3.8, 4) is 0 Å². The van der Waals surface area contributed by atoms with Crippen molar-refractivity contribution in [1.82, 2.24) is 0 Å². The first-order valence-corrected chi connectivity index (χ1v) is 6.43. The van der Waals surface area contributed by atoms with Crippen LogP contribution in [-0.2, 0) is 0 Å². The van der Waals surface area contributed by atoms with Gasteiger partial charge in [-0.1, -0.05) is 67.1 Å². The van der Waals surface area contributed by atoms with Gasteiger partial charge in [-0.15, -0.1) is 0 Å². The lowest BCUT2D eigenvalue weighted by Crippen LogP contribution is -2.19. The summed E-state index contributed by atoms with van der Waals surface area (Å²) in [4.78, 5) is 12.3. The Hall–Kier alpha value is -1.93. The highest BCUT2D eigenvalue weighted by molar-refractivity contribution is 5.98. The Bertz CT molecular complexity index is 543. The highest BCUT2D eigenvalue weighted by Crippen LogP contribution is 2.25. The average Bonchev–Trinajstić information content (AvgIpc) is 2.46. The van der Waals surface area contributed by atoms with Crippen LogP contribution in [-0.4, -0.2) is 10.9 Å². The minimum absolute atomic E-state index is 0.0336. The van der Waals surface area contributed by atoms with Gasteiger partial charge < -0.3 is 5.11 Å². The molecular weight excluding hydrogens is 236 g/mol. The maximum Gasteiger partial charge on any atom is 0.168 e. The molecule has 0 spiro atoms. The second-order valence-electron chi connectivity index (χ2n) is 4.87. The first-order valence-electron chi connectivity index (χ1n) is 6.43. The predicted octanol–water partition coefficient (Wildman–Crippen LogP) is 3.55. The zero-order valence-corrected chi connectivity index (χ0v) is 11.2. The quantitative estimate of drug-likeness (QED) is 0.847. The third-order valence-corrected chi connectivity index (χ3v) is 3.36. The van der Waals surface area contributed by atoms with Crippen LogP contribution in [0.2, 0.25) is 0 Å². The number of aryl methyl sites for hydroxylation is 1. The number of aliphatic hydroxyl groups is 1. The summed E-state index contributed by atoms with van der Waals surface area (Å²) in [6.45, 7) is 3.76. The van der Waals surface area contributed by atoms with Crippen molar-refractivity contribution in [2.45, 2.75) is 20.0 Å².